The molecule has 110 valence electrons. The highest BCUT2D eigenvalue weighted by molar-refractivity contribution is 5.93. The molecule has 1 aliphatic rings. The van der Waals surface area contributed by atoms with Gasteiger partial charge in [0.05, 0.1) is 6.10 Å². The molecule has 0 radical (unpaired) electrons. The highest BCUT2D eigenvalue weighted by Crippen LogP contribution is 2.14. The summed E-state index contributed by atoms with van der Waals surface area (Å²) >= 11 is 0. The van der Waals surface area contributed by atoms with E-state index < -0.39 is 0 Å². The van der Waals surface area contributed by atoms with E-state index >= 15 is 0 Å². The van der Waals surface area contributed by atoms with E-state index in [1.165, 1.54) is 0 Å². The number of nitrogens with one attached hydrogen (secondary N) is 2. The van der Waals surface area contributed by atoms with Crippen LogP contribution in [0.2, 0.25) is 0 Å². The molecule has 0 aliphatic carbocycles. The minimum absolute atomic E-state index is 0.125. The van der Waals surface area contributed by atoms with Crippen molar-refractivity contribution in [2.24, 2.45) is 0 Å². The first kappa shape index (κ1) is 14.8. The number of carbonyl (C=O) groups excluding carboxylic acids is 1. The molecule has 1 aromatic heterocycles. The van der Waals surface area contributed by atoms with Crippen LogP contribution in [0.4, 0.5) is 5.69 Å². The van der Waals surface area contributed by atoms with Gasteiger partial charge >= 0.3 is 0 Å². The van der Waals surface area contributed by atoms with Crippen LogP contribution in [0.1, 0.15) is 43.6 Å². The van der Waals surface area contributed by atoms with Crippen LogP contribution >= 0.6 is 0 Å². The van der Waals surface area contributed by atoms with E-state index in [4.69, 9.17) is 4.74 Å². The number of nitrogens with zero attached hydrogens (tertiary/aromatic N) is 1. The molecule has 2 N–H and O–H groups in total. The third-order valence-corrected chi connectivity index (χ3v) is 3.54. The Hall–Kier alpha value is -1.62. The van der Waals surface area contributed by atoms with E-state index in [0.29, 0.717) is 5.69 Å². The zero-order chi connectivity index (χ0) is 14.4. The summed E-state index contributed by atoms with van der Waals surface area (Å²) in [7, 11) is 0. The SMILES string of the molecule is CCC(C)NC(=O)c1cc(NCC2CCCO2)ccn1. The Morgan fingerprint density at radius 1 is 1.60 bits per heavy atom. The Morgan fingerprint density at radius 3 is 3.15 bits per heavy atom. The second-order valence-corrected chi connectivity index (χ2v) is 5.23. The van der Waals surface area contributed by atoms with Crippen molar-refractivity contribution in [2.75, 3.05) is 18.5 Å². The van der Waals surface area contributed by atoms with E-state index in [9.17, 15) is 4.79 Å². The van der Waals surface area contributed by atoms with Gasteiger partial charge in [0.1, 0.15) is 5.69 Å². The van der Waals surface area contributed by atoms with Crippen molar-refractivity contribution in [3.05, 3.63) is 24.0 Å². The van der Waals surface area contributed by atoms with E-state index in [1.807, 2.05) is 19.9 Å². The van der Waals surface area contributed by atoms with Gasteiger partial charge in [-0.2, -0.15) is 0 Å². The third kappa shape index (κ3) is 4.20. The van der Waals surface area contributed by atoms with Gasteiger partial charge in [-0.05, 0) is 38.3 Å². The predicted molar refractivity (Wildman–Crippen MR) is 78.9 cm³/mol. The Labute approximate surface area is 120 Å². The molecule has 1 aromatic rings. The minimum atomic E-state index is -0.125. The van der Waals surface area contributed by atoms with Crippen molar-refractivity contribution in [1.29, 1.82) is 0 Å². The summed E-state index contributed by atoms with van der Waals surface area (Å²) in [6, 6.07) is 3.81. The van der Waals surface area contributed by atoms with E-state index in [1.54, 1.807) is 12.3 Å². The summed E-state index contributed by atoms with van der Waals surface area (Å²) in [5, 5.41) is 6.22. The maximum atomic E-state index is 12.0. The number of anilines is 1. The van der Waals surface area contributed by atoms with Gasteiger partial charge in [0.2, 0.25) is 0 Å². The Morgan fingerprint density at radius 2 is 2.45 bits per heavy atom. The highest BCUT2D eigenvalue weighted by atomic mass is 16.5. The van der Waals surface area contributed by atoms with Gasteiger partial charge in [-0.1, -0.05) is 6.92 Å². The van der Waals surface area contributed by atoms with E-state index in [-0.39, 0.29) is 18.1 Å². The number of carbonyl (C=O) groups is 1. The van der Waals surface area contributed by atoms with Gasteiger partial charge in [-0.3, -0.25) is 9.78 Å². The van der Waals surface area contributed by atoms with Crippen molar-refractivity contribution < 1.29 is 9.53 Å². The lowest BCUT2D eigenvalue weighted by Crippen LogP contribution is -2.32. The van der Waals surface area contributed by atoms with Crippen LogP contribution in [0.5, 0.6) is 0 Å². The number of rotatable bonds is 6. The van der Waals surface area contributed by atoms with Crippen molar-refractivity contribution in [3.8, 4) is 0 Å². The summed E-state index contributed by atoms with van der Waals surface area (Å²) < 4.78 is 5.56. The molecule has 5 heteroatoms. The van der Waals surface area contributed by atoms with Gasteiger partial charge in [-0.25, -0.2) is 0 Å². The van der Waals surface area contributed by atoms with E-state index in [2.05, 4.69) is 15.6 Å². The van der Waals surface area contributed by atoms with Crippen molar-refractivity contribution in [3.63, 3.8) is 0 Å². The van der Waals surface area contributed by atoms with Crippen LogP contribution in [0.3, 0.4) is 0 Å². The fourth-order valence-electron chi connectivity index (χ4n) is 2.10. The zero-order valence-electron chi connectivity index (χ0n) is 12.2. The Balaban J connectivity index is 1.91. The molecule has 5 nitrogen and oxygen atoms in total. The lowest BCUT2D eigenvalue weighted by atomic mass is 10.2. The Bertz CT molecular complexity index is 444. The van der Waals surface area contributed by atoms with Crippen LogP contribution in [0.25, 0.3) is 0 Å². The summed E-state index contributed by atoms with van der Waals surface area (Å²) in [6.07, 6.45) is 5.07. The third-order valence-electron chi connectivity index (χ3n) is 3.54. The first-order chi connectivity index (χ1) is 9.69. The van der Waals surface area contributed by atoms with Gasteiger partial charge in [-0.15, -0.1) is 0 Å². The first-order valence-electron chi connectivity index (χ1n) is 7.31. The number of aromatic nitrogens is 1. The normalized spacial score (nSPS) is 19.6. The molecule has 2 unspecified atom stereocenters. The standard InChI is InChI=1S/C15H23N3O2/c1-3-11(2)18-15(19)14-9-12(6-7-16-14)17-10-13-5-4-8-20-13/h6-7,9,11,13H,3-5,8,10H2,1-2H3,(H,16,17)(H,18,19). The first-order valence-corrected chi connectivity index (χ1v) is 7.31. The fourth-order valence-corrected chi connectivity index (χ4v) is 2.10. The molecule has 20 heavy (non-hydrogen) atoms. The van der Waals surface area contributed by atoms with Crippen molar-refractivity contribution in [2.45, 2.75) is 45.3 Å². The molecular weight excluding hydrogens is 254 g/mol. The number of ether oxygens (including phenoxy) is 1. The van der Waals surface area contributed by atoms with Crippen molar-refractivity contribution in [1.82, 2.24) is 10.3 Å². The zero-order valence-corrected chi connectivity index (χ0v) is 12.2. The van der Waals surface area contributed by atoms with Gasteiger partial charge in [0, 0.05) is 31.1 Å². The topological polar surface area (TPSA) is 63.2 Å². The van der Waals surface area contributed by atoms with Crippen LogP contribution in [0, 0.1) is 0 Å². The summed E-state index contributed by atoms with van der Waals surface area (Å²) in [4.78, 5) is 16.1. The molecule has 1 aliphatic heterocycles. The van der Waals surface area contributed by atoms with Crippen LogP contribution in [0.15, 0.2) is 18.3 Å². The van der Waals surface area contributed by atoms with E-state index in [0.717, 1.165) is 38.1 Å². The second kappa shape index (κ2) is 7.24. The highest BCUT2D eigenvalue weighted by Gasteiger charge is 2.15. The second-order valence-electron chi connectivity index (χ2n) is 5.23. The smallest absolute Gasteiger partial charge is 0.270 e. The molecule has 2 rings (SSSR count). The molecule has 0 saturated carbocycles. The number of hydrogen-bond donors (Lipinski definition) is 2. The molecule has 0 spiro atoms. The summed E-state index contributed by atoms with van der Waals surface area (Å²) in [6.45, 7) is 5.65. The quantitative estimate of drug-likeness (QED) is 0.836. The predicted octanol–water partition coefficient (Wildman–Crippen LogP) is 2.20. The lowest BCUT2D eigenvalue weighted by Gasteiger charge is -2.13. The maximum Gasteiger partial charge on any atom is 0.270 e. The Kier molecular flexibility index (Phi) is 5.35. The molecular formula is C15H23N3O2. The maximum absolute atomic E-state index is 12.0. The summed E-state index contributed by atoms with van der Waals surface area (Å²) in [5.74, 6) is -0.125. The average Bonchev–Trinajstić information content (AvgIpc) is 2.98. The average molecular weight is 277 g/mol. The molecule has 1 saturated heterocycles. The molecule has 1 amide bonds. The fraction of sp³-hybridized carbons (Fsp3) is 0.600. The largest absolute Gasteiger partial charge is 0.382 e. The number of pyridine rings is 1. The molecule has 1 fully saturated rings. The molecule has 2 heterocycles. The van der Waals surface area contributed by atoms with Gasteiger partial charge in [0.25, 0.3) is 5.91 Å². The minimum Gasteiger partial charge on any atom is -0.382 e. The molecule has 0 aromatic carbocycles. The van der Waals surface area contributed by atoms with Gasteiger partial charge < -0.3 is 15.4 Å². The van der Waals surface area contributed by atoms with Crippen LogP contribution in [-0.4, -0.2) is 36.2 Å². The lowest BCUT2D eigenvalue weighted by molar-refractivity contribution is 0.0934. The molecule has 2 atom stereocenters. The van der Waals surface area contributed by atoms with Crippen molar-refractivity contribution >= 4 is 11.6 Å². The monoisotopic (exact) mass is 277 g/mol. The number of amides is 1. The van der Waals surface area contributed by atoms with Crippen LogP contribution < -0.4 is 10.6 Å². The summed E-state index contributed by atoms with van der Waals surface area (Å²) in [5.41, 5.74) is 1.35. The van der Waals surface area contributed by atoms with Gasteiger partial charge in [0.15, 0.2) is 0 Å². The molecule has 0 bridgehead atoms. The number of hydrogen-bond acceptors (Lipinski definition) is 4. The van der Waals surface area contributed by atoms with Crippen LogP contribution in [-0.2, 0) is 4.74 Å².